The van der Waals surface area contributed by atoms with E-state index in [0.717, 1.165) is 38.4 Å². The van der Waals surface area contributed by atoms with E-state index in [9.17, 15) is 9.35 Å². The van der Waals surface area contributed by atoms with E-state index in [-0.39, 0.29) is 5.91 Å². The molecule has 3 aromatic rings. The number of amides is 1. The lowest BCUT2D eigenvalue weighted by Gasteiger charge is -2.26. The normalized spacial score (nSPS) is 15.0. The largest absolute Gasteiger partial charge is 0.612 e. The Morgan fingerprint density at radius 2 is 1.79 bits per heavy atom. The van der Waals surface area contributed by atoms with Gasteiger partial charge in [-0.15, -0.1) is 0 Å². The number of hydrogen-bond acceptors (Lipinski definition) is 2. The lowest BCUT2D eigenvalue weighted by molar-refractivity contribution is -0.116. The monoisotopic (exact) mass is 421 g/mol. The first-order valence-electron chi connectivity index (χ1n) is 9.25. The quantitative estimate of drug-likeness (QED) is 0.492. The molecule has 0 aromatic heterocycles. The average Bonchev–Trinajstić information content (AvgIpc) is 2.69. The fourth-order valence-electron chi connectivity index (χ4n) is 3.65. The molecule has 0 N–H and O–H groups in total. The third-order valence-electron chi connectivity index (χ3n) is 5.08. The number of anilines is 1. The topological polar surface area (TPSA) is 43.4 Å². The number of carbonyl (C=O) groups excluding carboxylic acids is 1. The fraction of sp³-hybridized carbons (Fsp3) is 0.125. The van der Waals surface area contributed by atoms with Gasteiger partial charge in [0, 0.05) is 17.5 Å². The summed E-state index contributed by atoms with van der Waals surface area (Å²) in [5.41, 5.74) is 5.76. The molecule has 0 radical (unpaired) electrons. The summed E-state index contributed by atoms with van der Waals surface area (Å²) in [5.74, 6) is -0.0321. The zero-order valence-electron chi connectivity index (χ0n) is 16.2. The minimum atomic E-state index is -1.09. The van der Waals surface area contributed by atoms with E-state index >= 15 is 0 Å². The fourth-order valence-corrected chi connectivity index (χ4v) is 4.60. The van der Waals surface area contributed by atoms with Crippen LogP contribution in [-0.2, 0) is 22.5 Å². The van der Waals surface area contributed by atoms with Gasteiger partial charge in [0.25, 0.3) is 0 Å². The third kappa shape index (κ3) is 3.97. The van der Waals surface area contributed by atoms with E-state index < -0.39 is 11.2 Å². The summed E-state index contributed by atoms with van der Waals surface area (Å²) >= 11 is 5.08. The van der Waals surface area contributed by atoms with Gasteiger partial charge in [-0.25, -0.2) is 0 Å². The van der Waals surface area contributed by atoms with Gasteiger partial charge in [0.2, 0.25) is 5.91 Å². The molecule has 0 saturated carbocycles. The molecule has 0 fully saturated rings. The summed E-state index contributed by atoms with van der Waals surface area (Å²) < 4.78 is 12.2. The van der Waals surface area contributed by atoms with Crippen LogP contribution in [-0.4, -0.2) is 16.7 Å². The molecule has 1 atom stereocenters. The molecule has 3 aromatic carbocycles. The number of nitrogens with zero attached hydrogens (tertiary/aromatic N) is 1. The summed E-state index contributed by atoms with van der Waals surface area (Å²) in [4.78, 5) is 15.0. The molecule has 1 aliphatic rings. The van der Waals surface area contributed by atoms with E-state index in [4.69, 9.17) is 11.6 Å². The van der Waals surface area contributed by atoms with Gasteiger partial charge >= 0.3 is 0 Å². The van der Waals surface area contributed by atoms with Crippen molar-refractivity contribution < 1.29 is 9.35 Å². The van der Waals surface area contributed by atoms with Gasteiger partial charge in [-0.1, -0.05) is 48.0 Å². The van der Waals surface area contributed by atoms with Crippen molar-refractivity contribution in [3.63, 3.8) is 0 Å². The standard InChI is InChI=1S/C24H20ClNO2S/c1-16(27)26-15-20-13-18(22-5-3-4-6-24(22)29(2)28)9-7-17(20)8-10-19-14-21(25)11-12-23(19)26/h3-14H,15H2,1-2H3/b10-8-. The Kier molecular flexibility index (Phi) is 5.50. The number of carbonyl (C=O) groups is 1. The van der Waals surface area contributed by atoms with Crippen LogP contribution in [0, 0.1) is 0 Å². The Morgan fingerprint density at radius 3 is 2.55 bits per heavy atom. The van der Waals surface area contributed by atoms with Crippen LogP contribution in [0.15, 0.2) is 65.6 Å². The highest BCUT2D eigenvalue weighted by Gasteiger charge is 2.20. The van der Waals surface area contributed by atoms with Gasteiger partial charge in [-0.2, -0.15) is 0 Å². The second-order valence-corrected chi connectivity index (χ2v) is 8.79. The van der Waals surface area contributed by atoms with E-state index in [1.165, 1.54) is 0 Å². The predicted molar refractivity (Wildman–Crippen MR) is 121 cm³/mol. The molecular weight excluding hydrogens is 402 g/mol. The minimum absolute atomic E-state index is 0.0321. The van der Waals surface area contributed by atoms with Gasteiger partial charge in [0.1, 0.15) is 6.26 Å². The summed E-state index contributed by atoms with van der Waals surface area (Å²) in [6, 6.07) is 19.4. The Morgan fingerprint density at radius 1 is 1.03 bits per heavy atom. The highest BCUT2D eigenvalue weighted by molar-refractivity contribution is 7.90. The van der Waals surface area contributed by atoms with Gasteiger partial charge < -0.3 is 9.45 Å². The van der Waals surface area contributed by atoms with Gasteiger partial charge in [0.15, 0.2) is 4.90 Å². The van der Waals surface area contributed by atoms with E-state index in [0.29, 0.717) is 11.6 Å². The van der Waals surface area contributed by atoms with Crippen molar-refractivity contribution in [1.29, 1.82) is 0 Å². The number of benzene rings is 3. The molecular formula is C24H20ClNO2S. The predicted octanol–water partition coefficient (Wildman–Crippen LogP) is 5.78. The van der Waals surface area contributed by atoms with Crippen LogP contribution < -0.4 is 4.90 Å². The van der Waals surface area contributed by atoms with Crippen molar-refractivity contribution in [2.75, 3.05) is 11.2 Å². The van der Waals surface area contributed by atoms with E-state index in [1.54, 1.807) is 24.1 Å². The molecule has 4 rings (SSSR count). The zero-order valence-corrected chi connectivity index (χ0v) is 17.8. The molecule has 0 spiro atoms. The van der Waals surface area contributed by atoms with Crippen LogP contribution in [0.1, 0.15) is 23.6 Å². The number of fused-ring (bicyclic) bond motifs is 2. The van der Waals surface area contributed by atoms with Crippen LogP contribution in [0.3, 0.4) is 0 Å². The highest BCUT2D eigenvalue weighted by Crippen LogP contribution is 2.34. The second-order valence-electron chi connectivity index (χ2n) is 7.01. The molecule has 1 amide bonds. The van der Waals surface area contributed by atoms with Crippen LogP contribution >= 0.6 is 11.6 Å². The smallest absolute Gasteiger partial charge is 0.224 e. The van der Waals surface area contributed by atoms with Crippen LogP contribution in [0.2, 0.25) is 5.02 Å². The summed E-state index contributed by atoms with van der Waals surface area (Å²) in [6.07, 6.45) is 5.73. The highest BCUT2D eigenvalue weighted by atomic mass is 35.5. The molecule has 29 heavy (non-hydrogen) atoms. The van der Waals surface area contributed by atoms with Crippen molar-refractivity contribution in [2.45, 2.75) is 18.4 Å². The van der Waals surface area contributed by atoms with Gasteiger partial charge in [-0.3, -0.25) is 4.79 Å². The first-order chi connectivity index (χ1) is 13.9. The number of hydrogen-bond donors (Lipinski definition) is 0. The van der Waals surface area contributed by atoms with Gasteiger partial charge in [-0.05, 0) is 69.8 Å². The Balaban J connectivity index is 1.85. The minimum Gasteiger partial charge on any atom is -0.612 e. The Labute approximate surface area is 178 Å². The summed E-state index contributed by atoms with van der Waals surface area (Å²) in [6.45, 7) is 2.03. The van der Waals surface area contributed by atoms with Crippen molar-refractivity contribution in [2.24, 2.45) is 0 Å². The molecule has 3 nitrogen and oxygen atoms in total. The molecule has 0 aliphatic carbocycles. The maximum atomic E-state index is 12.4. The van der Waals surface area contributed by atoms with Crippen molar-refractivity contribution in [1.82, 2.24) is 0 Å². The molecule has 1 aliphatic heterocycles. The maximum absolute atomic E-state index is 12.4. The zero-order chi connectivity index (χ0) is 20.5. The maximum Gasteiger partial charge on any atom is 0.224 e. The summed E-state index contributed by atoms with van der Waals surface area (Å²) in [5, 5.41) is 0.636. The Bertz CT molecular complexity index is 1120. The first-order valence-corrected chi connectivity index (χ1v) is 11.2. The van der Waals surface area contributed by atoms with Crippen molar-refractivity contribution in [3.8, 4) is 11.1 Å². The van der Waals surface area contributed by atoms with E-state index in [2.05, 4.69) is 12.1 Å². The van der Waals surface area contributed by atoms with E-state index in [1.807, 2.05) is 54.6 Å². The summed E-state index contributed by atoms with van der Waals surface area (Å²) in [7, 11) is 0. The molecule has 5 heteroatoms. The number of rotatable bonds is 2. The SMILES string of the molecule is CC(=O)N1Cc2cc(-c3ccccc3[S+](C)[O-])ccc2/C=C\c2cc(Cl)ccc21. The average molecular weight is 422 g/mol. The van der Waals surface area contributed by atoms with Crippen molar-refractivity contribution in [3.05, 3.63) is 82.4 Å². The lowest BCUT2D eigenvalue weighted by Crippen LogP contribution is -2.29. The second kappa shape index (κ2) is 8.07. The molecule has 1 heterocycles. The first kappa shape index (κ1) is 19.8. The molecule has 1 unspecified atom stereocenters. The van der Waals surface area contributed by atoms with Gasteiger partial charge in [0.05, 0.1) is 12.2 Å². The Hall–Kier alpha value is -2.53. The van der Waals surface area contributed by atoms with Crippen LogP contribution in [0.4, 0.5) is 5.69 Å². The molecule has 0 bridgehead atoms. The van der Waals surface area contributed by atoms with Crippen LogP contribution in [0.25, 0.3) is 23.3 Å². The lowest BCUT2D eigenvalue weighted by atomic mass is 9.96. The number of halogens is 1. The molecule has 146 valence electrons. The third-order valence-corrected chi connectivity index (χ3v) is 6.29. The van der Waals surface area contributed by atoms with Crippen LogP contribution in [0.5, 0.6) is 0 Å². The molecule has 0 saturated heterocycles. The van der Waals surface area contributed by atoms with Crippen molar-refractivity contribution >= 4 is 46.5 Å².